The summed E-state index contributed by atoms with van der Waals surface area (Å²) >= 11 is 0. The summed E-state index contributed by atoms with van der Waals surface area (Å²) in [6.45, 7) is 4.51. The molecule has 1 fully saturated rings. The SMILES string of the molecule is CCCC1CCC(C(NN)c2cccc(CC)c2)CC1. The van der Waals surface area contributed by atoms with Gasteiger partial charge in [-0.1, -0.05) is 63.8 Å². The van der Waals surface area contributed by atoms with Crippen LogP contribution in [0.4, 0.5) is 0 Å². The van der Waals surface area contributed by atoms with Crippen LogP contribution >= 0.6 is 0 Å². The fourth-order valence-electron chi connectivity index (χ4n) is 3.73. The Kier molecular flexibility index (Phi) is 6.06. The molecule has 0 amide bonds. The van der Waals surface area contributed by atoms with Crippen LogP contribution in [-0.2, 0) is 6.42 Å². The highest BCUT2D eigenvalue weighted by atomic mass is 15.2. The predicted octanol–water partition coefficient (Wildman–Crippen LogP) is 4.36. The van der Waals surface area contributed by atoms with Gasteiger partial charge in [0.05, 0.1) is 0 Å². The van der Waals surface area contributed by atoms with Gasteiger partial charge < -0.3 is 0 Å². The first-order valence-corrected chi connectivity index (χ1v) is 8.33. The minimum Gasteiger partial charge on any atom is -0.271 e. The van der Waals surface area contributed by atoms with Crippen molar-refractivity contribution in [2.24, 2.45) is 17.7 Å². The van der Waals surface area contributed by atoms with Gasteiger partial charge in [-0.05, 0) is 42.2 Å². The van der Waals surface area contributed by atoms with Crippen LogP contribution < -0.4 is 11.3 Å². The van der Waals surface area contributed by atoms with E-state index < -0.39 is 0 Å². The van der Waals surface area contributed by atoms with Gasteiger partial charge in [-0.25, -0.2) is 0 Å². The molecule has 112 valence electrons. The summed E-state index contributed by atoms with van der Waals surface area (Å²) in [5.74, 6) is 7.52. The van der Waals surface area contributed by atoms with E-state index in [0.717, 1.165) is 12.3 Å². The number of nitrogens with one attached hydrogen (secondary N) is 1. The molecule has 20 heavy (non-hydrogen) atoms. The quantitative estimate of drug-likeness (QED) is 0.597. The monoisotopic (exact) mass is 274 g/mol. The molecule has 1 unspecified atom stereocenters. The molecule has 1 saturated carbocycles. The zero-order valence-corrected chi connectivity index (χ0v) is 13.1. The maximum atomic E-state index is 5.87. The molecule has 0 heterocycles. The molecule has 0 spiro atoms. The van der Waals surface area contributed by atoms with Crippen molar-refractivity contribution in [3.05, 3.63) is 35.4 Å². The highest BCUT2D eigenvalue weighted by Crippen LogP contribution is 2.38. The third kappa shape index (κ3) is 3.83. The second kappa shape index (κ2) is 7.80. The van der Waals surface area contributed by atoms with E-state index in [1.807, 2.05) is 0 Å². The van der Waals surface area contributed by atoms with Gasteiger partial charge in [0.15, 0.2) is 0 Å². The maximum Gasteiger partial charge on any atom is 0.0488 e. The minimum atomic E-state index is 0.323. The topological polar surface area (TPSA) is 38.0 Å². The highest BCUT2D eigenvalue weighted by Gasteiger charge is 2.27. The van der Waals surface area contributed by atoms with Crippen molar-refractivity contribution in [3.8, 4) is 0 Å². The Morgan fingerprint density at radius 3 is 2.55 bits per heavy atom. The third-order valence-corrected chi connectivity index (χ3v) is 4.96. The molecule has 0 aromatic heterocycles. The Hall–Kier alpha value is -0.860. The van der Waals surface area contributed by atoms with Crippen molar-refractivity contribution in [1.82, 2.24) is 5.43 Å². The number of hydrogen-bond acceptors (Lipinski definition) is 2. The van der Waals surface area contributed by atoms with Gasteiger partial charge in [0.1, 0.15) is 0 Å². The molecule has 3 N–H and O–H groups in total. The summed E-state index contributed by atoms with van der Waals surface area (Å²) in [7, 11) is 0. The Bertz CT molecular complexity index is 394. The predicted molar refractivity (Wildman–Crippen MR) is 86.2 cm³/mol. The number of hydrazine groups is 1. The first kappa shape index (κ1) is 15.5. The van der Waals surface area contributed by atoms with E-state index in [1.54, 1.807) is 0 Å². The highest BCUT2D eigenvalue weighted by molar-refractivity contribution is 5.26. The number of benzene rings is 1. The Morgan fingerprint density at radius 1 is 1.20 bits per heavy atom. The minimum absolute atomic E-state index is 0.323. The van der Waals surface area contributed by atoms with Crippen molar-refractivity contribution in [3.63, 3.8) is 0 Å². The van der Waals surface area contributed by atoms with Gasteiger partial charge in [-0.3, -0.25) is 11.3 Å². The first-order chi connectivity index (χ1) is 9.78. The number of rotatable bonds is 6. The second-order valence-electron chi connectivity index (χ2n) is 6.31. The number of hydrogen-bond donors (Lipinski definition) is 2. The van der Waals surface area contributed by atoms with Crippen LogP contribution in [0.2, 0.25) is 0 Å². The molecule has 2 rings (SSSR count). The van der Waals surface area contributed by atoms with Crippen LogP contribution in [0, 0.1) is 11.8 Å². The molecule has 2 heteroatoms. The lowest BCUT2D eigenvalue weighted by molar-refractivity contribution is 0.215. The summed E-state index contributed by atoms with van der Waals surface area (Å²) < 4.78 is 0. The van der Waals surface area contributed by atoms with Crippen molar-refractivity contribution in [2.45, 2.75) is 64.8 Å². The third-order valence-electron chi connectivity index (χ3n) is 4.96. The average Bonchev–Trinajstić information content (AvgIpc) is 2.50. The summed E-state index contributed by atoms with van der Waals surface area (Å²) in [4.78, 5) is 0. The number of aryl methyl sites for hydroxylation is 1. The summed E-state index contributed by atoms with van der Waals surface area (Å²) in [5.41, 5.74) is 5.86. The van der Waals surface area contributed by atoms with E-state index >= 15 is 0 Å². The van der Waals surface area contributed by atoms with E-state index in [0.29, 0.717) is 12.0 Å². The van der Waals surface area contributed by atoms with Gasteiger partial charge in [0, 0.05) is 6.04 Å². The fraction of sp³-hybridized carbons (Fsp3) is 0.667. The lowest BCUT2D eigenvalue weighted by atomic mass is 9.75. The van der Waals surface area contributed by atoms with Crippen molar-refractivity contribution >= 4 is 0 Å². The Balaban J connectivity index is 2.01. The van der Waals surface area contributed by atoms with Crippen LogP contribution in [-0.4, -0.2) is 0 Å². The average molecular weight is 274 g/mol. The summed E-state index contributed by atoms with van der Waals surface area (Å²) in [6.07, 6.45) is 9.21. The molecular weight excluding hydrogens is 244 g/mol. The largest absolute Gasteiger partial charge is 0.271 e. The normalized spacial score (nSPS) is 24.6. The smallest absolute Gasteiger partial charge is 0.0488 e. The van der Waals surface area contributed by atoms with E-state index in [4.69, 9.17) is 5.84 Å². The summed E-state index contributed by atoms with van der Waals surface area (Å²) in [6, 6.07) is 9.24. The second-order valence-corrected chi connectivity index (χ2v) is 6.31. The van der Waals surface area contributed by atoms with Crippen molar-refractivity contribution in [2.75, 3.05) is 0 Å². The molecule has 0 radical (unpaired) electrons. The van der Waals surface area contributed by atoms with E-state index in [-0.39, 0.29) is 0 Å². The summed E-state index contributed by atoms with van der Waals surface area (Å²) in [5, 5.41) is 0. The molecule has 1 atom stereocenters. The molecule has 1 aliphatic carbocycles. The van der Waals surface area contributed by atoms with Gasteiger partial charge in [-0.2, -0.15) is 0 Å². The van der Waals surface area contributed by atoms with Crippen LogP contribution in [0.1, 0.15) is 69.5 Å². The number of nitrogens with two attached hydrogens (primary N) is 1. The first-order valence-electron chi connectivity index (χ1n) is 8.33. The van der Waals surface area contributed by atoms with Gasteiger partial charge in [0.25, 0.3) is 0 Å². The zero-order valence-electron chi connectivity index (χ0n) is 13.1. The van der Waals surface area contributed by atoms with Crippen LogP contribution in [0.25, 0.3) is 0 Å². The molecule has 1 aromatic rings. The molecule has 0 aliphatic heterocycles. The molecule has 1 aliphatic rings. The molecule has 0 saturated heterocycles. The van der Waals surface area contributed by atoms with Crippen LogP contribution in [0.5, 0.6) is 0 Å². The zero-order chi connectivity index (χ0) is 14.4. The van der Waals surface area contributed by atoms with E-state index in [2.05, 4.69) is 43.5 Å². The fourth-order valence-corrected chi connectivity index (χ4v) is 3.73. The molecule has 1 aromatic carbocycles. The van der Waals surface area contributed by atoms with Gasteiger partial charge in [0.2, 0.25) is 0 Å². The Labute approximate surface area is 124 Å². The van der Waals surface area contributed by atoms with Gasteiger partial charge >= 0.3 is 0 Å². The van der Waals surface area contributed by atoms with Crippen molar-refractivity contribution < 1.29 is 0 Å². The maximum absolute atomic E-state index is 5.87. The van der Waals surface area contributed by atoms with E-state index in [9.17, 15) is 0 Å². The standard InChI is InChI=1S/C18H30N2/c1-3-6-15-9-11-16(12-10-15)18(20-19)17-8-5-7-14(4-2)13-17/h5,7-8,13,15-16,18,20H,3-4,6,9-12,19H2,1-2H3. The molecule has 0 bridgehead atoms. The Morgan fingerprint density at radius 2 is 1.95 bits per heavy atom. The molecular formula is C18H30N2. The van der Waals surface area contributed by atoms with Crippen LogP contribution in [0.15, 0.2) is 24.3 Å². The lowest BCUT2D eigenvalue weighted by Gasteiger charge is -2.34. The van der Waals surface area contributed by atoms with Gasteiger partial charge in [-0.15, -0.1) is 0 Å². The van der Waals surface area contributed by atoms with E-state index in [1.165, 1.54) is 49.7 Å². The van der Waals surface area contributed by atoms with Crippen LogP contribution in [0.3, 0.4) is 0 Å². The lowest BCUT2D eigenvalue weighted by Crippen LogP contribution is -2.35. The molecule has 2 nitrogen and oxygen atoms in total. The van der Waals surface area contributed by atoms with Crippen molar-refractivity contribution in [1.29, 1.82) is 0 Å².